The lowest BCUT2D eigenvalue weighted by molar-refractivity contribution is 0.225. The van der Waals surface area contributed by atoms with Crippen molar-refractivity contribution in [3.63, 3.8) is 0 Å². The minimum Gasteiger partial charge on any atom is -0.460 e. The fourth-order valence-corrected chi connectivity index (χ4v) is 2.01. The van der Waals surface area contributed by atoms with Crippen molar-refractivity contribution in [1.82, 2.24) is 0 Å². The molecule has 0 amide bonds. The lowest BCUT2D eigenvalue weighted by atomic mass is 10.3. The second-order valence-electron chi connectivity index (χ2n) is 2.99. The van der Waals surface area contributed by atoms with E-state index in [1.807, 2.05) is 6.07 Å². The summed E-state index contributed by atoms with van der Waals surface area (Å²) < 4.78 is 35.6. The van der Waals surface area contributed by atoms with Gasteiger partial charge in [-0.15, -0.1) is 0 Å². The van der Waals surface area contributed by atoms with E-state index in [0.717, 1.165) is 0 Å². The van der Waals surface area contributed by atoms with Gasteiger partial charge in [-0.3, -0.25) is 9.45 Å². The molecule has 0 radical (unpaired) electrons. The molecule has 6 heteroatoms. The van der Waals surface area contributed by atoms with Crippen LogP contribution < -0.4 is 4.90 Å². The van der Waals surface area contributed by atoms with Crippen LogP contribution in [0.2, 0.25) is 0 Å². The zero-order valence-corrected chi connectivity index (χ0v) is 8.46. The molecule has 0 bridgehead atoms. The number of para-hydroxylation sites is 1. The molecular formula is C9H9NO4S. The predicted octanol–water partition coefficient (Wildman–Crippen LogP) is 1.17. The van der Waals surface area contributed by atoms with Gasteiger partial charge in [-0.1, -0.05) is 18.2 Å². The number of nitrogens with zero attached hydrogens (tertiary/aromatic N) is 1. The molecule has 80 valence electrons. The Bertz CT molecular complexity index is 468. The van der Waals surface area contributed by atoms with Crippen LogP contribution in [0.1, 0.15) is 0 Å². The molecule has 1 N–H and O–H groups in total. The van der Waals surface area contributed by atoms with E-state index in [1.165, 1.54) is 17.4 Å². The molecule has 15 heavy (non-hydrogen) atoms. The number of rotatable bonds is 2. The van der Waals surface area contributed by atoms with E-state index in [1.54, 1.807) is 24.3 Å². The summed E-state index contributed by atoms with van der Waals surface area (Å²) in [6.07, 6.45) is 2.68. The van der Waals surface area contributed by atoms with Gasteiger partial charge >= 0.3 is 15.7 Å². The minimum absolute atomic E-state index is 0.633. The minimum atomic E-state index is -4.26. The van der Waals surface area contributed by atoms with Crippen molar-refractivity contribution >= 4 is 15.8 Å². The van der Waals surface area contributed by atoms with Gasteiger partial charge in [-0.25, -0.2) is 0 Å². The van der Waals surface area contributed by atoms with Crippen molar-refractivity contribution < 1.29 is 17.7 Å². The van der Waals surface area contributed by atoms with Gasteiger partial charge in [0.1, 0.15) is 6.26 Å². The molecule has 1 aliphatic heterocycles. The van der Waals surface area contributed by atoms with Crippen molar-refractivity contribution in [2.45, 2.75) is 5.56 Å². The van der Waals surface area contributed by atoms with E-state index in [9.17, 15) is 8.42 Å². The summed E-state index contributed by atoms with van der Waals surface area (Å²) in [5, 5.41) is 0. The summed E-state index contributed by atoms with van der Waals surface area (Å²) in [5.41, 5.74) is -0.756. The van der Waals surface area contributed by atoms with Gasteiger partial charge < -0.3 is 4.74 Å². The average Bonchev–Trinajstić information content (AvgIpc) is 2.67. The Kier molecular flexibility index (Phi) is 2.37. The van der Waals surface area contributed by atoms with Crippen LogP contribution in [0.4, 0.5) is 5.69 Å². The van der Waals surface area contributed by atoms with E-state index in [4.69, 9.17) is 9.29 Å². The van der Waals surface area contributed by atoms with E-state index in [-0.39, 0.29) is 0 Å². The summed E-state index contributed by atoms with van der Waals surface area (Å²) in [4.78, 5) is 1.33. The number of ether oxygens (including phenoxy) is 1. The molecule has 1 aliphatic rings. The molecule has 0 saturated heterocycles. The van der Waals surface area contributed by atoms with Gasteiger partial charge in [0.15, 0.2) is 0 Å². The Labute approximate surface area is 87.3 Å². The van der Waals surface area contributed by atoms with Crippen molar-refractivity contribution in [3.8, 4) is 0 Å². The Morgan fingerprint density at radius 3 is 2.53 bits per heavy atom. The second kappa shape index (κ2) is 3.56. The molecule has 1 aromatic rings. The maximum atomic E-state index is 11.0. The zero-order chi connectivity index (χ0) is 10.9. The normalized spacial score (nSPS) is 20.3. The lowest BCUT2D eigenvalue weighted by Crippen LogP contribution is -2.35. The van der Waals surface area contributed by atoms with E-state index < -0.39 is 15.7 Å². The number of hydrogen-bond donors (Lipinski definition) is 1. The first-order valence-corrected chi connectivity index (χ1v) is 5.71. The molecule has 5 nitrogen and oxygen atoms in total. The van der Waals surface area contributed by atoms with Crippen molar-refractivity contribution in [3.05, 3.63) is 42.8 Å². The fourth-order valence-electron chi connectivity index (χ4n) is 1.33. The zero-order valence-electron chi connectivity index (χ0n) is 7.65. The topological polar surface area (TPSA) is 66.8 Å². The van der Waals surface area contributed by atoms with Crippen LogP contribution in [-0.4, -0.2) is 18.5 Å². The van der Waals surface area contributed by atoms with E-state index in [2.05, 4.69) is 0 Å². The van der Waals surface area contributed by atoms with Gasteiger partial charge in [-0.05, 0) is 12.1 Å². The molecule has 0 fully saturated rings. The summed E-state index contributed by atoms with van der Waals surface area (Å²) in [7, 11) is -4.26. The molecule has 1 atom stereocenters. The van der Waals surface area contributed by atoms with E-state index in [0.29, 0.717) is 5.69 Å². The lowest BCUT2D eigenvalue weighted by Gasteiger charge is -2.21. The van der Waals surface area contributed by atoms with Crippen LogP contribution in [0.15, 0.2) is 42.8 Å². The smallest absolute Gasteiger partial charge is 0.324 e. The van der Waals surface area contributed by atoms with Crippen LogP contribution in [0, 0.1) is 0 Å². The van der Waals surface area contributed by atoms with Gasteiger partial charge in [0.2, 0.25) is 0 Å². The van der Waals surface area contributed by atoms with Gasteiger partial charge in [-0.2, -0.15) is 8.42 Å². The molecular weight excluding hydrogens is 218 g/mol. The maximum Gasteiger partial charge on any atom is 0.324 e. The molecule has 2 rings (SSSR count). The van der Waals surface area contributed by atoms with Gasteiger partial charge in [0.05, 0.1) is 0 Å². The summed E-state index contributed by atoms with van der Waals surface area (Å²) in [6, 6.07) is 8.78. The van der Waals surface area contributed by atoms with Crippen LogP contribution in [0.25, 0.3) is 0 Å². The van der Waals surface area contributed by atoms with Crippen LogP contribution in [0.3, 0.4) is 0 Å². The van der Waals surface area contributed by atoms with E-state index >= 15 is 0 Å². The highest BCUT2D eigenvalue weighted by Crippen LogP contribution is 2.24. The number of hydrogen-bond acceptors (Lipinski definition) is 4. The maximum absolute atomic E-state index is 11.0. The predicted molar refractivity (Wildman–Crippen MR) is 54.5 cm³/mol. The third-order valence-electron chi connectivity index (χ3n) is 1.95. The Hall–Kier alpha value is -1.53. The monoisotopic (exact) mass is 227 g/mol. The molecule has 1 heterocycles. The first-order valence-electron chi connectivity index (χ1n) is 4.21. The van der Waals surface area contributed by atoms with Gasteiger partial charge in [0, 0.05) is 11.9 Å². The molecule has 1 aromatic carbocycles. The fraction of sp³-hybridized carbons (Fsp3) is 0.111. The van der Waals surface area contributed by atoms with Crippen molar-refractivity contribution in [1.29, 1.82) is 0 Å². The number of benzene rings is 1. The third kappa shape index (κ3) is 1.95. The molecule has 0 spiro atoms. The van der Waals surface area contributed by atoms with Gasteiger partial charge in [0.25, 0.3) is 0 Å². The molecule has 1 unspecified atom stereocenters. The summed E-state index contributed by atoms with van der Waals surface area (Å²) in [6.45, 7) is 0. The highest BCUT2D eigenvalue weighted by Gasteiger charge is 2.33. The molecule has 0 saturated carbocycles. The Balaban J connectivity index is 2.34. The largest absolute Gasteiger partial charge is 0.460 e. The highest BCUT2D eigenvalue weighted by molar-refractivity contribution is 7.86. The quantitative estimate of drug-likeness (QED) is 0.768. The first kappa shape index (κ1) is 10.0. The average molecular weight is 227 g/mol. The van der Waals surface area contributed by atoms with Crippen molar-refractivity contribution in [2.24, 2.45) is 0 Å². The van der Waals surface area contributed by atoms with Crippen LogP contribution >= 0.6 is 0 Å². The summed E-state index contributed by atoms with van der Waals surface area (Å²) in [5.74, 6) is 0. The Morgan fingerprint density at radius 1 is 1.27 bits per heavy atom. The van der Waals surface area contributed by atoms with Crippen LogP contribution in [-0.2, 0) is 14.9 Å². The molecule has 0 aliphatic carbocycles. The van der Waals surface area contributed by atoms with Crippen molar-refractivity contribution in [2.75, 3.05) is 4.90 Å². The van der Waals surface area contributed by atoms with Crippen LogP contribution in [0.5, 0.6) is 0 Å². The Morgan fingerprint density at radius 2 is 1.93 bits per heavy atom. The SMILES string of the molecule is O=S(=O)(O)C1OC=CN1c1ccccc1. The highest BCUT2D eigenvalue weighted by atomic mass is 32.2. The summed E-state index contributed by atoms with van der Waals surface area (Å²) >= 11 is 0. The first-order chi connectivity index (χ1) is 7.09. The second-order valence-corrected chi connectivity index (χ2v) is 4.42. The third-order valence-corrected chi connectivity index (χ3v) is 2.80. The standard InChI is InChI=1S/C9H9NO4S/c11-15(12,13)9-10(6-7-14-9)8-4-2-1-3-5-8/h1-7,9H,(H,11,12,13). The molecule has 0 aromatic heterocycles. The number of anilines is 1.